The molecule has 1 aromatic carbocycles. The molecule has 0 aliphatic heterocycles. The van der Waals surface area contributed by atoms with Crippen LogP contribution in [0.4, 0.5) is 4.39 Å². The van der Waals surface area contributed by atoms with Crippen LogP contribution >= 0.6 is 11.6 Å². The molecule has 0 heterocycles. The summed E-state index contributed by atoms with van der Waals surface area (Å²) in [6.07, 6.45) is 4.44. The highest BCUT2D eigenvalue weighted by Crippen LogP contribution is 2.23. The lowest BCUT2D eigenvalue weighted by molar-refractivity contribution is 0.176. The molecule has 4 heteroatoms. The molecule has 0 atom stereocenters. The summed E-state index contributed by atoms with van der Waals surface area (Å²) in [4.78, 5) is 2.29. The Morgan fingerprint density at radius 2 is 2.00 bits per heavy atom. The van der Waals surface area contributed by atoms with Gasteiger partial charge in [0.15, 0.2) is 0 Å². The summed E-state index contributed by atoms with van der Waals surface area (Å²) in [6, 6.07) is 5.95. The number of hydrogen-bond donors (Lipinski definition) is 1. The third kappa shape index (κ3) is 3.44. The molecular formula is C14H20ClFN2. The van der Waals surface area contributed by atoms with Crippen LogP contribution in [0.2, 0.25) is 5.02 Å². The molecular weight excluding hydrogens is 251 g/mol. The van der Waals surface area contributed by atoms with E-state index in [1.807, 2.05) is 6.07 Å². The van der Waals surface area contributed by atoms with Gasteiger partial charge in [0.1, 0.15) is 5.82 Å². The van der Waals surface area contributed by atoms with Gasteiger partial charge in [-0.2, -0.15) is 0 Å². The second kappa shape index (κ2) is 6.00. The smallest absolute Gasteiger partial charge is 0.142 e. The van der Waals surface area contributed by atoms with Gasteiger partial charge in [-0.15, -0.1) is 0 Å². The largest absolute Gasteiger partial charge is 0.328 e. The normalized spacial score (nSPS) is 24.5. The van der Waals surface area contributed by atoms with Gasteiger partial charge >= 0.3 is 0 Å². The molecule has 0 spiro atoms. The number of nitrogens with zero attached hydrogens (tertiary/aromatic N) is 1. The molecule has 1 aromatic rings. The van der Waals surface area contributed by atoms with E-state index in [0.29, 0.717) is 12.1 Å². The minimum atomic E-state index is -0.340. The van der Waals surface area contributed by atoms with Crippen LogP contribution in [0.5, 0.6) is 0 Å². The van der Waals surface area contributed by atoms with E-state index in [-0.39, 0.29) is 10.8 Å². The number of nitrogens with two attached hydrogens (primary N) is 1. The van der Waals surface area contributed by atoms with E-state index in [1.54, 1.807) is 6.07 Å². The van der Waals surface area contributed by atoms with Crippen molar-refractivity contribution in [3.63, 3.8) is 0 Å². The van der Waals surface area contributed by atoms with Gasteiger partial charge in [0.2, 0.25) is 0 Å². The van der Waals surface area contributed by atoms with Crippen molar-refractivity contribution < 1.29 is 4.39 Å². The van der Waals surface area contributed by atoms with E-state index in [9.17, 15) is 4.39 Å². The molecule has 0 amide bonds. The van der Waals surface area contributed by atoms with E-state index in [4.69, 9.17) is 17.3 Å². The molecule has 2 N–H and O–H groups in total. The fourth-order valence-corrected chi connectivity index (χ4v) is 2.71. The Morgan fingerprint density at radius 1 is 1.33 bits per heavy atom. The molecule has 0 radical (unpaired) electrons. The lowest BCUT2D eigenvalue weighted by Gasteiger charge is -2.33. The Hall–Kier alpha value is -0.640. The first kappa shape index (κ1) is 13.8. The van der Waals surface area contributed by atoms with E-state index in [2.05, 4.69) is 11.9 Å². The van der Waals surface area contributed by atoms with Crippen molar-refractivity contribution in [1.29, 1.82) is 0 Å². The van der Waals surface area contributed by atoms with Crippen LogP contribution in [0.25, 0.3) is 0 Å². The predicted octanol–water partition coefficient (Wildman–Crippen LogP) is 3.18. The summed E-state index contributed by atoms with van der Waals surface area (Å²) in [7, 11) is 2.09. The fourth-order valence-electron chi connectivity index (χ4n) is 2.60. The van der Waals surface area contributed by atoms with Gasteiger partial charge in [-0.3, -0.25) is 4.90 Å². The highest BCUT2D eigenvalue weighted by Gasteiger charge is 2.21. The average Bonchev–Trinajstić information content (AvgIpc) is 2.34. The Bertz CT molecular complexity index is 403. The summed E-state index contributed by atoms with van der Waals surface area (Å²) in [5.41, 5.74) is 6.87. The van der Waals surface area contributed by atoms with E-state index in [0.717, 1.165) is 37.8 Å². The zero-order valence-electron chi connectivity index (χ0n) is 10.7. The number of benzene rings is 1. The predicted molar refractivity (Wildman–Crippen MR) is 73.1 cm³/mol. The highest BCUT2D eigenvalue weighted by molar-refractivity contribution is 6.30. The summed E-state index contributed by atoms with van der Waals surface area (Å²) in [6.45, 7) is 0.758. The topological polar surface area (TPSA) is 29.3 Å². The molecule has 1 fully saturated rings. The molecule has 100 valence electrons. The summed E-state index contributed by atoms with van der Waals surface area (Å²) >= 11 is 5.68. The standard InChI is InChI=1S/C14H20ClFN2/c1-18(12-5-3-11(17)4-6-12)9-10-2-7-13(15)14(16)8-10/h2,7-8,11-12H,3-6,9,17H2,1H3. The minimum absolute atomic E-state index is 0.185. The van der Waals surface area contributed by atoms with Crippen molar-refractivity contribution in [2.24, 2.45) is 5.73 Å². The second-order valence-electron chi connectivity index (χ2n) is 5.23. The van der Waals surface area contributed by atoms with Gasteiger partial charge in [-0.1, -0.05) is 17.7 Å². The van der Waals surface area contributed by atoms with Crippen LogP contribution in [-0.2, 0) is 6.54 Å². The van der Waals surface area contributed by atoms with E-state index >= 15 is 0 Å². The van der Waals surface area contributed by atoms with Crippen LogP contribution < -0.4 is 5.73 Å². The van der Waals surface area contributed by atoms with Crippen molar-refractivity contribution >= 4 is 11.6 Å². The average molecular weight is 271 g/mol. The monoisotopic (exact) mass is 270 g/mol. The molecule has 0 aromatic heterocycles. The molecule has 0 unspecified atom stereocenters. The van der Waals surface area contributed by atoms with Gasteiger partial charge in [-0.25, -0.2) is 4.39 Å². The van der Waals surface area contributed by atoms with Crippen LogP contribution in [0, 0.1) is 5.82 Å². The number of rotatable bonds is 3. The lowest BCUT2D eigenvalue weighted by Crippen LogP contribution is -2.38. The van der Waals surface area contributed by atoms with Gasteiger partial charge in [0.05, 0.1) is 5.02 Å². The third-order valence-corrected chi connectivity index (χ3v) is 4.09. The van der Waals surface area contributed by atoms with Crippen molar-refractivity contribution in [2.45, 2.75) is 44.3 Å². The maximum Gasteiger partial charge on any atom is 0.142 e. The summed E-state index contributed by atoms with van der Waals surface area (Å²) < 4.78 is 13.4. The molecule has 18 heavy (non-hydrogen) atoms. The van der Waals surface area contributed by atoms with Crippen LogP contribution in [0.1, 0.15) is 31.2 Å². The Balaban J connectivity index is 1.94. The van der Waals surface area contributed by atoms with Crippen LogP contribution in [0.3, 0.4) is 0 Å². The fraction of sp³-hybridized carbons (Fsp3) is 0.571. The molecule has 2 rings (SSSR count). The second-order valence-corrected chi connectivity index (χ2v) is 5.64. The van der Waals surface area contributed by atoms with Crippen molar-refractivity contribution in [2.75, 3.05) is 7.05 Å². The van der Waals surface area contributed by atoms with Gasteiger partial charge < -0.3 is 5.73 Å². The number of halogens is 2. The zero-order chi connectivity index (χ0) is 13.1. The third-order valence-electron chi connectivity index (χ3n) is 3.78. The quantitative estimate of drug-likeness (QED) is 0.914. The Kier molecular flexibility index (Phi) is 4.60. The first-order valence-electron chi connectivity index (χ1n) is 6.46. The Morgan fingerprint density at radius 3 is 2.61 bits per heavy atom. The van der Waals surface area contributed by atoms with Gasteiger partial charge in [0.25, 0.3) is 0 Å². The maximum absolute atomic E-state index is 13.4. The zero-order valence-corrected chi connectivity index (χ0v) is 11.5. The minimum Gasteiger partial charge on any atom is -0.328 e. The summed E-state index contributed by atoms with van der Waals surface area (Å²) in [5, 5.41) is 0.185. The van der Waals surface area contributed by atoms with Crippen LogP contribution in [-0.4, -0.2) is 24.0 Å². The molecule has 1 aliphatic rings. The SMILES string of the molecule is CN(Cc1ccc(Cl)c(F)c1)C1CCC(N)CC1. The molecule has 2 nitrogen and oxygen atoms in total. The lowest BCUT2D eigenvalue weighted by atomic mass is 9.91. The first-order chi connectivity index (χ1) is 8.56. The van der Waals surface area contributed by atoms with Crippen molar-refractivity contribution in [1.82, 2.24) is 4.90 Å². The van der Waals surface area contributed by atoms with E-state index in [1.165, 1.54) is 6.07 Å². The van der Waals surface area contributed by atoms with Crippen molar-refractivity contribution in [3.8, 4) is 0 Å². The van der Waals surface area contributed by atoms with Gasteiger partial charge in [-0.05, 0) is 50.4 Å². The Labute approximate surface area is 113 Å². The van der Waals surface area contributed by atoms with Crippen molar-refractivity contribution in [3.05, 3.63) is 34.6 Å². The van der Waals surface area contributed by atoms with Gasteiger partial charge in [0, 0.05) is 18.6 Å². The highest BCUT2D eigenvalue weighted by atomic mass is 35.5. The molecule has 0 bridgehead atoms. The number of hydrogen-bond acceptors (Lipinski definition) is 2. The maximum atomic E-state index is 13.4. The first-order valence-corrected chi connectivity index (χ1v) is 6.84. The van der Waals surface area contributed by atoms with Crippen LogP contribution in [0.15, 0.2) is 18.2 Å². The molecule has 0 saturated heterocycles. The van der Waals surface area contributed by atoms with E-state index < -0.39 is 0 Å². The molecule has 1 saturated carbocycles. The summed E-state index contributed by atoms with van der Waals surface area (Å²) in [5.74, 6) is -0.340. The molecule has 1 aliphatic carbocycles.